The van der Waals surface area contributed by atoms with Gasteiger partial charge in [0.05, 0.1) is 18.4 Å². The summed E-state index contributed by atoms with van der Waals surface area (Å²) >= 11 is 0. The molecule has 0 aliphatic rings. The maximum absolute atomic E-state index is 13.1. The van der Waals surface area contributed by atoms with Crippen molar-refractivity contribution in [1.82, 2.24) is 4.98 Å². The Balaban J connectivity index is 1.67. The van der Waals surface area contributed by atoms with Crippen LogP contribution in [-0.4, -0.2) is 17.9 Å². The Hall–Kier alpha value is -4.37. The molecule has 0 radical (unpaired) electrons. The van der Waals surface area contributed by atoms with E-state index in [0.29, 0.717) is 11.3 Å². The van der Waals surface area contributed by atoms with Gasteiger partial charge in [-0.05, 0) is 34.9 Å². The van der Waals surface area contributed by atoms with Gasteiger partial charge >= 0.3 is 0 Å². The largest absolute Gasteiger partial charge is 0.496 e. The van der Waals surface area contributed by atoms with Crippen LogP contribution in [0.3, 0.4) is 0 Å². The molecule has 0 aliphatic carbocycles. The van der Waals surface area contributed by atoms with E-state index in [1.54, 1.807) is 13.2 Å². The van der Waals surface area contributed by atoms with E-state index in [1.807, 2.05) is 84.9 Å². The average molecular weight is 430 g/mol. The molecule has 3 heteroatoms. The molecule has 4 aromatic carbocycles. The van der Waals surface area contributed by atoms with Crippen LogP contribution in [0.1, 0.15) is 15.9 Å². The third-order valence-corrected chi connectivity index (χ3v) is 5.74. The van der Waals surface area contributed by atoms with Gasteiger partial charge in [-0.3, -0.25) is 4.79 Å². The summed E-state index contributed by atoms with van der Waals surface area (Å²) in [5.41, 5.74) is 6.69. The molecule has 1 heterocycles. The van der Waals surface area contributed by atoms with Crippen LogP contribution in [0.4, 0.5) is 0 Å². The summed E-state index contributed by atoms with van der Waals surface area (Å²) in [6, 6.07) is 34.2. The van der Waals surface area contributed by atoms with Gasteiger partial charge in [0.25, 0.3) is 0 Å². The first-order chi connectivity index (χ1) is 16.2. The number of allylic oxidation sites excluding steroid dienone is 1. The van der Waals surface area contributed by atoms with Crippen molar-refractivity contribution >= 4 is 22.8 Å². The van der Waals surface area contributed by atoms with Crippen LogP contribution in [-0.2, 0) is 0 Å². The summed E-state index contributed by atoms with van der Waals surface area (Å²) in [5, 5.41) is 1.01. The monoisotopic (exact) mass is 429 g/mol. The molecule has 160 valence electrons. The smallest absolute Gasteiger partial charge is 0.189 e. The van der Waals surface area contributed by atoms with Gasteiger partial charge in [-0.1, -0.05) is 97.1 Å². The number of carbonyl (C=O) groups is 1. The molecule has 0 bridgehead atoms. The lowest BCUT2D eigenvalue weighted by Gasteiger charge is -2.08. The fourth-order valence-electron chi connectivity index (χ4n) is 4.14. The first kappa shape index (κ1) is 20.5. The second kappa shape index (κ2) is 9.01. The maximum atomic E-state index is 13.1. The van der Waals surface area contributed by atoms with E-state index in [9.17, 15) is 4.79 Å². The Morgan fingerprint density at radius 3 is 2.03 bits per heavy atom. The minimum absolute atomic E-state index is 0.102. The molecular weight excluding hydrogens is 406 g/mol. The van der Waals surface area contributed by atoms with Crippen molar-refractivity contribution in [3.63, 3.8) is 0 Å². The summed E-state index contributed by atoms with van der Waals surface area (Å²) in [5.74, 6) is 0.454. The van der Waals surface area contributed by atoms with Crippen LogP contribution in [0.15, 0.2) is 109 Å². The van der Waals surface area contributed by atoms with Gasteiger partial charge in [0, 0.05) is 16.5 Å². The number of H-pyrrole nitrogens is 1. The van der Waals surface area contributed by atoms with E-state index in [-0.39, 0.29) is 5.78 Å². The van der Waals surface area contributed by atoms with Crippen molar-refractivity contribution in [3.05, 3.63) is 120 Å². The number of ketones is 1. The van der Waals surface area contributed by atoms with E-state index in [2.05, 4.69) is 29.2 Å². The van der Waals surface area contributed by atoms with Crippen LogP contribution < -0.4 is 4.74 Å². The number of fused-ring (bicyclic) bond motifs is 1. The number of benzene rings is 4. The molecule has 0 atom stereocenters. The summed E-state index contributed by atoms with van der Waals surface area (Å²) < 4.78 is 5.66. The number of nitrogens with one attached hydrogen (secondary N) is 1. The number of aromatic amines is 1. The molecular formula is C30H23NO2. The highest BCUT2D eigenvalue weighted by Crippen LogP contribution is 2.40. The van der Waals surface area contributed by atoms with E-state index >= 15 is 0 Å². The number of ether oxygens (including phenoxy) is 1. The van der Waals surface area contributed by atoms with Crippen LogP contribution in [0.25, 0.3) is 39.4 Å². The second-order valence-corrected chi connectivity index (χ2v) is 7.81. The third kappa shape index (κ3) is 4.09. The number of aromatic nitrogens is 1. The summed E-state index contributed by atoms with van der Waals surface area (Å²) in [6.07, 6.45) is 3.42. The van der Waals surface area contributed by atoms with Gasteiger partial charge in [0.1, 0.15) is 5.75 Å². The highest BCUT2D eigenvalue weighted by Gasteiger charge is 2.19. The molecule has 0 aliphatic heterocycles. The minimum Gasteiger partial charge on any atom is -0.496 e. The third-order valence-electron chi connectivity index (χ3n) is 5.74. The fraction of sp³-hybridized carbons (Fsp3) is 0.0333. The first-order valence-corrected chi connectivity index (χ1v) is 10.9. The fourth-order valence-corrected chi connectivity index (χ4v) is 4.14. The van der Waals surface area contributed by atoms with Crippen molar-refractivity contribution in [2.24, 2.45) is 0 Å². The Labute approximate surface area is 193 Å². The molecule has 0 saturated carbocycles. The summed E-state index contributed by atoms with van der Waals surface area (Å²) in [4.78, 5) is 16.7. The molecule has 33 heavy (non-hydrogen) atoms. The number of methoxy groups -OCH3 is 1. The summed E-state index contributed by atoms with van der Waals surface area (Å²) in [6.45, 7) is 0. The molecule has 0 unspecified atom stereocenters. The van der Waals surface area contributed by atoms with Gasteiger partial charge in [-0.2, -0.15) is 0 Å². The Morgan fingerprint density at radius 2 is 1.39 bits per heavy atom. The quantitative estimate of drug-likeness (QED) is 0.226. The molecule has 5 aromatic rings. The molecule has 1 N–H and O–H groups in total. The number of carbonyl (C=O) groups excluding carboxylic acids is 1. The Morgan fingerprint density at radius 1 is 0.788 bits per heavy atom. The first-order valence-electron chi connectivity index (χ1n) is 10.9. The van der Waals surface area contributed by atoms with Gasteiger partial charge in [0.15, 0.2) is 5.78 Å². The predicted octanol–water partition coefficient (Wildman–Crippen LogP) is 7.41. The molecule has 1 aromatic heterocycles. The van der Waals surface area contributed by atoms with Crippen LogP contribution in [0.2, 0.25) is 0 Å². The van der Waals surface area contributed by atoms with E-state index in [1.165, 1.54) is 0 Å². The zero-order chi connectivity index (χ0) is 22.6. The van der Waals surface area contributed by atoms with Crippen LogP contribution in [0, 0.1) is 0 Å². The molecule has 0 fully saturated rings. The van der Waals surface area contributed by atoms with E-state index in [4.69, 9.17) is 4.74 Å². The highest BCUT2D eigenvalue weighted by molar-refractivity contribution is 6.13. The molecule has 0 saturated heterocycles. The zero-order valence-corrected chi connectivity index (χ0v) is 18.3. The van der Waals surface area contributed by atoms with Crippen molar-refractivity contribution in [3.8, 4) is 28.1 Å². The van der Waals surface area contributed by atoms with Crippen molar-refractivity contribution in [2.45, 2.75) is 0 Å². The second-order valence-electron chi connectivity index (χ2n) is 7.81. The highest BCUT2D eigenvalue weighted by atomic mass is 16.5. The molecule has 3 nitrogen and oxygen atoms in total. The minimum atomic E-state index is -0.102. The Bertz CT molecular complexity index is 1430. The molecule has 5 rings (SSSR count). The van der Waals surface area contributed by atoms with Gasteiger partial charge < -0.3 is 9.72 Å². The molecule has 0 spiro atoms. The maximum Gasteiger partial charge on any atom is 0.189 e. The summed E-state index contributed by atoms with van der Waals surface area (Å²) in [7, 11) is 1.60. The number of rotatable bonds is 6. The van der Waals surface area contributed by atoms with E-state index < -0.39 is 0 Å². The van der Waals surface area contributed by atoms with Gasteiger partial charge in [-0.15, -0.1) is 0 Å². The average Bonchev–Trinajstić information content (AvgIpc) is 3.26. The van der Waals surface area contributed by atoms with Crippen LogP contribution >= 0.6 is 0 Å². The van der Waals surface area contributed by atoms with Gasteiger partial charge in [-0.25, -0.2) is 0 Å². The normalized spacial score (nSPS) is 11.2. The van der Waals surface area contributed by atoms with Crippen molar-refractivity contribution in [2.75, 3.05) is 7.11 Å². The zero-order valence-electron chi connectivity index (χ0n) is 18.3. The molecule has 0 amide bonds. The lowest BCUT2D eigenvalue weighted by Crippen LogP contribution is -1.99. The predicted molar refractivity (Wildman–Crippen MR) is 136 cm³/mol. The van der Waals surface area contributed by atoms with Crippen molar-refractivity contribution in [1.29, 1.82) is 0 Å². The van der Waals surface area contributed by atoms with Crippen LogP contribution in [0.5, 0.6) is 5.75 Å². The van der Waals surface area contributed by atoms with E-state index in [0.717, 1.165) is 38.9 Å². The Kier molecular flexibility index (Phi) is 5.61. The lowest BCUT2D eigenvalue weighted by atomic mass is 9.97. The number of hydrogen-bond acceptors (Lipinski definition) is 2. The standard InChI is InChI=1S/C30H23NO2/c1-33-28-20-24-26(19-25(28)27(32)18-17-21-11-5-2-6-12-21)31-30(23-15-9-4-10-16-23)29(24)22-13-7-3-8-14-22/h2-20,31H,1H3. The lowest BCUT2D eigenvalue weighted by molar-refractivity contribution is 0.104. The van der Waals surface area contributed by atoms with Gasteiger partial charge in [0.2, 0.25) is 0 Å². The SMILES string of the molecule is COc1cc2c(-c3ccccc3)c(-c3ccccc3)[nH]c2cc1C(=O)C=Cc1ccccc1. The number of hydrogen-bond donors (Lipinski definition) is 1. The topological polar surface area (TPSA) is 42.1 Å². The van der Waals surface area contributed by atoms with Crippen molar-refractivity contribution < 1.29 is 9.53 Å².